The van der Waals surface area contributed by atoms with Crippen LogP contribution in [-0.2, 0) is 0 Å². The normalized spacial score (nSPS) is 11.5. The molecule has 0 aromatic heterocycles. The van der Waals surface area contributed by atoms with Crippen LogP contribution in [0.4, 0.5) is 0 Å². The molecule has 0 aliphatic heterocycles. The van der Waals surface area contributed by atoms with Gasteiger partial charge in [-0.2, -0.15) is 0 Å². The van der Waals surface area contributed by atoms with Gasteiger partial charge < -0.3 is 4.90 Å². The first-order chi connectivity index (χ1) is 6.93. The highest BCUT2D eigenvalue weighted by Gasteiger charge is 2.06. The van der Waals surface area contributed by atoms with E-state index in [0.717, 1.165) is 12.1 Å². The maximum atomic E-state index is 4.05. The molecule has 0 aromatic rings. The third-order valence-corrected chi connectivity index (χ3v) is 2.38. The van der Waals surface area contributed by atoms with Gasteiger partial charge in [0.05, 0.1) is 0 Å². The molecule has 0 saturated carbocycles. The summed E-state index contributed by atoms with van der Waals surface area (Å²) in [7, 11) is 2.05. The van der Waals surface area contributed by atoms with E-state index in [4.69, 9.17) is 0 Å². The van der Waals surface area contributed by atoms with Crippen LogP contribution >= 0.6 is 0 Å². The molecule has 0 rings (SSSR count). The highest BCUT2D eigenvalue weighted by atomic mass is 15.1. The Balaban J connectivity index is 5.23. The van der Waals surface area contributed by atoms with Gasteiger partial charge in [0, 0.05) is 18.4 Å². The minimum absolute atomic E-state index is 0.959. The van der Waals surface area contributed by atoms with Gasteiger partial charge >= 0.3 is 0 Å². The highest BCUT2D eigenvalue weighted by molar-refractivity contribution is 5.33. The Morgan fingerprint density at radius 3 is 2.13 bits per heavy atom. The number of likely N-dealkylation sites (N-methyl/N-ethyl adjacent to an activating group) is 1. The molecule has 0 aliphatic rings. The lowest BCUT2D eigenvalue weighted by Crippen LogP contribution is -2.16. The van der Waals surface area contributed by atoms with E-state index in [1.807, 2.05) is 13.1 Å². The topological polar surface area (TPSA) is 3.24 Å². The van der Waals surface area contributed by atoms with Gasteiger partial charge in [-0.05, 0) is 38.8 Å². The number of hydrogen-bond donors (Lipinski definition) is 0. The second kappa shape index (κ2) is 6.28. The second-order valence-electron chi connectivity index (χ2n) is 3.97. The molecule has 0 atom stereocenters. The molecule has 15 heavy (non-hydrogen) atoms. The minimum Gasteiger partial charge on any atom is -0.349 e. The lowest BCUT2D eigenvalue weighted by Gasteiger charge is -2.24. The summed E-state index contributed by atoms with van der Waals surface area (Å²) in [5, 5.41) is 0. The fourth-order valence-corrected chi connectivity index (χ4v) is 1.26. The van der Waals surface area contributed by atoms with Gasteiger partial charge in [0.2, 0.25) is 0 Å². The van der Waals surface area contributed by atoms with Gasteiger partial charge in [-0.1, -0.05) is 31.7 Å². The predicted octanol–water partition coefficient (Wildman–Crippen LogP) is 4.27. The van der Waals surface area contributed by atoms with Gasteiger partial charge in [0.25, 0.3) is 0 Å². The molecular formula is C14H23N. The van der Waals surface area contributed by atoms with E-state index in [1.54, 1.807) is 0 Å². The van der Waals surface area contributed by atoms with Crippen molar-refractivity contribution in [2.24, 2.45) is 0 Å². The summed E-state index contributed by atoms with van der Waals surface area (Å²) in [5.74, 6) is 0. The average molecular weight is 205 g/mol. The van der Waals surface area contributed by atoms with Gasteiger partial charge in [-0.3, -0.25) is 0 Å². The van der Waals surface area contributed by atoms with Crippen molar-refractivity contribution in [2.45, 2.75) is 34.1 Å². The van der Waals surface area contributed by atoms with Crippen molar-refractivity contribution in [3.05, 3.63) is 47.9 Å². The molecule has 0 saturated heterocycles. The Labute approximate surface area is 94.5 Å². The van der Waals surface area contributed by atoms with Crippen molar-refractivity contribution in [1.82, 2.24) is 4.90 Å². The van der Waals surface area contributed by atoms with E-state index in [9.17, 15) is 0 Å². The second-order valence-corrected chi connectivity index (χ2v) is 3.97. The third-order valence-electron chi connectivity index (χ3n) is 2.38. The summed E-state index contributed by atoms with van der Waals surface area (Å²) < 4.78 is 0. The van der Waals surface area contributed by atoms with Crippen molar-refractivity contribution < 1.29 is 0 Å². The first kappa shape index (κ1) is 13.8. The van der Waals surface area contributed by atoms with E-state index >= 15 is 0 Å². The fourth-order valence-electron chi connectivity index (χ4n) is 1.26. The van der Waals surface area contributed by atoms with Gasteiger partial charge in [-0.25, -0.2) is 0 Å². The van der Waals surface area contributed by atoms with Gasteiger partial charge in [-0.15, -0.1) is 0 Å². The summed E-state index contributed by atoms with van der Waals surface area (Å²) in [6.45, 7) is 16.2. The SMILES string of the molecule is C=C/C(C)=C(\C=C(C)C)N(C)C(=C)CC. The van der Waals surface area contributed by atoms with Crippen molar-refractivity contribution >= 4 is 0 Å². The monoisotopic (exact) mass is 205 g/mol. The summed E-state index contributed by atoms with van der Waals surface area (Å²) in [4.78, 5) is 2.13. The number of hydrogen-bond acceptors (Lipinski definition) is 1. The van der Waals surface area contributed by atoms with Crippen LogP contribution in [0.5, 0.6) is 0 Å². The molecule has 0 heterocycles. The molecule has 0 amide bonds. The smallest absolute Gasteiger partial charge is 0.0434 e. The molecule has 0 radical (unpaired) electrons. The summed E-state index contributed by atoms with van der Waals surface area (Å²) in [6, 6.07) is 0. The van der Waals surface area contributed by atoms with Crippen LogP contribution in [0.3, 0.4) is 0 Å². The fraction of sp³-hybridized carbons (Fsp3) is 0.429. The average Bonchev–Trinajstić information content (AvgIpc) is 2.22. The standard InChI is InChI=1S/C14H23N/c1-8-12(5)14(10-11(3)4)15(7)13(6)9-2/h8,10H,1,6,9H2,2-5,7H3/b14-12+. The van der Waals surface area contributed by atoms with Crippen LogP contribution in [0.1, 0.15) is 34.1 Å². The lowest BCUT2D eigenvalue weighted by atomic mass is 10.1. The summed E-state index contributed by atoms with van der Waals surface area (Å²) in [6.07, 6.45) is 5.01. The molecule has 0 fully saturated rings. The molecule has 84 valence electrons. The van der Waals surface area contributed by atoms with Crippen molar-refractivity contribution in [2.75, 3.05) is 7.05 Å². The molecule has 1 heteroatoms. The van der Waals surface area contributed by atoms with Crippen molar-refractivity contribution in [1.29, 1.82) is 0 Å². The molecule has 0 unspecified atom stereocenters. The van der Waals surface area contributed by atoms with Crippen LogP contribution in [0, 0.1) is 0 Å². The number of nitrogens with zero attached hydrogens (tertiary/aromatic N) is 1. The first-order valence-corrected chi connectivity index (χ1v) is 5.33. The lowest BCUT2D eigenvalue weighted by molar-refractivity contribution is 0.514. The molecular weight excluding hydrogens is 182 g/mol. The Morgan fingerprint density at radius 2 is 1.80 bits per heavy atom. The zero-order valence-corrected chi connectivity index (χ0v) is 10.7. The Morgan fingerprint density at radius 1 is 1.27 bits per heavy atom. The van der Waals surface area contributed by atoms with Crippen LogP contribution in [0.2, 0.25) is 0 Å². The van der Waals surface area contributed by atoms with Gasteiger partial charge in [0.1, 0.15) is 0 Å². The van der Waals surface area contributed by atoms with Crippen LogP contribution in [-0.4, -0.2) is 11.9 Å². The zero-order valence-electron chi connectivity index (χ0n) is 10.7. The maximum Gasteiger partial charge on any atom is 0.0434 e. The largest absolute Gasteiger partial charge is 0.349 e. The minimum atomic E-state index is 0.959. The van der Waals surface area contributed by atoms with Gasteiger partial charge in [0.15, 0.2) is 0 Å². The summed E-state index contributed by atoms with van der Waals surface area (Å²) in [5.41, 5.74) is 4.75. The highest BCUT2D eigenvalue weighted by Crippen LogP contribution is 2.18. The van der Waals surface area contributed by atoms with E-state index in [-0.39, 0.29) is 0 Å². The predicted molar refractivity (Wildman–Crippen MR) is 69.5 cm³/mol. The summed E-state index contributed by atoms with van der Waals surface area (Å²) >= 11 is 0. The van der Waals surface area contributed by atoms with E-state index in [1.165, 1.54) is 16.8 Å². The Bertz CT molecular complexity index is 301. The number of rotatable bonds is 5. The van der Waals surface area contributed by atoms with Crippen LogP contribution < -0.4 is 0 Å². The molecule has 0 aliphatic carbocycles. The molecule has 0 aromatic carbocycles. The van der Waals surface area contributed by atoms with E-state index < -0.39 is 0 Å². The molecule has 0 spiro atoms. The van der Waals surface area contributed by atoms with E-state index in [2.05, 4.69) is 51.8 Å². The maximum absolute atomic E-state index is 4.05. The quantitative estimate of drug-likeness (QED) is 0.606. The van der Waals surface area contributed by atoms with Crippen molar-refractivity contribution in [3.8, 4) is 0 Å². The van der Waals surface area contributed by atoms with E-state index in [0.29, 0.717) is 0 Å². The van der Waals surface area contributed by atoms with Crippen LogP contribution in [0.15, 0.2) is 47.9 Å². The molecule has 1 nitrogen and oxygen atoms in total. The Kier molecular flexibility index (Phi) is 5.76. The molecule has 0 bridgehead atoms. The molecule has 0 N–H and O–H groups in total. The Hall–Kier alpha value is -1.24. The van der Waals surface area contributed by atoms with Crippen molar-refractivity contribution in [3.63, 3.8) is 0 Å². The zero-order chi connectivity index (χ0) is 12.0. The first-order valence-electron chi connectivity index (χ1n) is 5.33. The third kappa shape index (κ3) is 4.20. The number of allylic oxidation sites excluding steroid dienone is 5. The van der Waals surface area contributed by atoms with Crippen LogP contribution in [0.25, 0.3) is 0 Å².